The summed E-state index contributed by atoms with van der Waals surface area (Å²) in [5.74, 6) is 0.219. The van der Waals surface area contributed by atoms with E-state index < -0.39 is 0 Å². The van der Waals surface area contributed by atoms with Gasteiger partial charge in [0.2, 0.25) is 0 Å². The smallest absolute Gasteiger partial charge is 0.327 e. The molecule has 0 aliphatic carbocycles. The Morgan fingerprint density at radius 2 is 1.86 bits per heavy atom. The molecule has 0 bridgehead atoms. The Morgan fingerprint density at radius 1 is 1.23 bits per heavy atom. The average molecular weight is 321 g/mol. The number of carbonyl (C=O) groups excluding carboxylic acids is 1. The van der Waals surface area contributed by atoms with Crippen molar-refractivity contribution in [2.75, 3.05) is 26.2 Å². The Labute approximate surface area is 137 Å². The minimum absolute atomic E-state index is 0.0358. The third kappa shape index (κ3) is 5.81. The molecule has 1 aromatic rings. The lowest BCUT2D eigenvalue weighted by atomic mass is 10.2. The Bertz CT molecular complexity index is 513. The third-order valence-electron chi connectivity index (χ3n) is 2.99. The lowest BCUT2D eigenvalue weighted by molar-refractivity contribution is -0.141. The maximum atomic E-state index is 11.5. The normalized spacial score (nSPS) is 11.0. The van der Waals surface area contributed by atoms with Gasteiger partial charge in [-0.2, -0.15) is 0 Å². The predicted octanol–water partition coefficient (Wildman–Crippen LogP) is 2.21. The molecule has 22 heavy (non-hydrogen) atoms. The first-order chi connectivity index (χ1) is 10.6. The van der Waals surface area contributed by atoms with Crippen molar-refractivity contribution in [1.82, 2.24) is 10.2 Å². The molecular weight excluding hydrogens is 298 g/mol. The van der Waals surface area contributed by atoms with Gasteiger partial charge in [-0.25, -0.2) is 0 Å². The second-order valence-corrected chi connectivity index (χ2v) is 4.83. The largest absolute Gasteiger partial charge is 0.465 e. The van der Waals surface area contributed by atoms with Gasteiger partial charge in [-0.3, -0.25) is 9.79 Å². The summed E-state index contributed by atoms with van der Waals surface area (Å²) in [6.45, 7) is 7.77. The zero-order valence-corrected chi connectivity index (χ0v) is 14.2. The van der Waals surface area contributed by atoms with Crippen LogP contribution < -0.4 is 5.32 Å². The van der Waals surface area contributed by atoms with E-state index in [1.54, 1.807) is 6.92 Å². The number of nitrogens with one attached hydrogen (secondary N) is 1. The van der Waals surface area contributed by atoms with Crippen LogP contribution in [0.1, 0.15) is 26.3 Å². The number of ether oxygens (including phenoxy) is 1. The van der Waals surface area contributed by atoms with E-state index in [0.29, 0.717) is 17.6 Å². The SMILES string of the molecule is CCOC(=O)CN=C(NC(=S)N(CC)CC)c1ccccc1. The quantitative estimate of drug-likeness (QED) is 0.377. The lowest BCUT2D eigenvalue weighted by Gasteiger charge is -2.23. The van der Waals surface area contributed by atoms with Crippen molar-refractivity contribution in [1.29, 1.82) is 0 Å². The number of amidine groups is 1. The van der Waals surface area contributed by atoms with E-state index >= 15 is 0 Å². The number of carbonyl (C=O) groups is 1. The number of benzene rings is 1. The number of nitrogens with zero attached hydrogens (tertiary/aromatic N) is 2. The summed E-state index contributed by atoms with van der Waals surface area (Å²) < 4.78 is 4.91. The highest BCUT2D eigenvalue weighted by Gasteiger charge is 2.11. The molecule has 1 rings (SSSR count). The molecule has 0 saturated carbocycles. The second kappa shape index (κ2) is 9.89. The number of hydrogen-bond donors (Lipinski definition) is 1. The van der Waals surface area contributed by atoms with Crippen LogP contribution in [0.15, 0.2) is 35.3 Å². The molecule has 0 aliphatic heterocycles. The maximum absolute atomic E-state index is 11.5. The molecule has 120 valence electrons. The second-order valence-electron chi connectivity index (χ2n) is 4.44. The van der Waals surface area contributed by atoms with E-state index in [1.807, 2.05) is 49.1 Å². The number of esters is 1. The molecule has 5 nitrogen and oxygen atoms in total. The minimum atomic E-state index is -0.355. The first kappa shape index (κ1) is 18.1. The summed E-state index contributed by atoms with van der Waals surface area (Å²) in [6, 6.07) is 9.59. The van der Waals surface area contributed by atoms with Crippen molar-refractivity contribution in [2.24, 2.45) is 4.99 Å². The Morgan fingerprint density at radius 3 is 2.41 bits per heavy atom. The minimum Gasteiger partial charge on any atom is -0.465 e. The van der Waals surface area contributed by atoms with Gasteiger partial charge in [-0.15, -0.1) is 0 Å². The van der Waals surface area contributed by atoms with Gasteiger partial charge in [0.05, 0.1) is 6.61 Å². The molecule has 0 aliphatic rings. The van der Waals surface area contributed by atoms with Crippen LogP contribution in [0.4, 0.5) is 0 Å². The van der Waals surface area contributed by atoms with Gasteiger partial charge >= 0.3 is 5.97 Å². The highest BCUT2D eigenvalue weighted by molar-refractivity contribution is 7.80. The molecule has 0 spiro atoms. The summed E-state index contributed by atoms with van der Waals surface area (Å²) >= 11 is 5.40. The maximum Gasteiger partial charge on any atom is 0.327 e. The van der Waals surface area contributed by atoms with Crippen molar-refractivity contribution < 1.29 is 9.53 Å². The van der Waals surface area contributed by atoms with Gasteiger partial charge in [0, 0.05) is 18.7 Å². The van der Waals surface area contributed by atoms with E-state index in [2.05, 4.69) is 10.3 Å². The van der Waals surface area contributed by atoms with Crippen molar-refractivity contribution in [3.63, 3.8) is 0 Å². The summed E-state index contributed by atoms with van der Waals surface area (Å²) in [7, 11) is 0. The van der Waals surface area contributed by atoms with Crippen LogP contribution in [0.3, 0.4) is 0 Å². The fourth-order valence-electron chi connectivity index (χ4n) is 1.84. The van der Waals surface area contributed by atoms with Crippen LogP contribution in [0.25, 0.3) is 0 Å². The molecule has 0 fully saturated rings. The van der Waals surface area contributed by atoms with Gasteiger partial charge in [0.25, 0.3) is 0 Å². The number of rotatable bonds is 6. The molecule has 0 amide bonds. The van der Waals surface area contributed by atoms with Gasteiger partial charge in [0.15, 0.2) is 5.11 Å². The highest BCUT2D eigenvalue weighted by atomic mass is 32.1. The first-order valence-electron chi connectivity index (χ1n) is 7.43. The highest BCUT2D eigenvalue weighted by Crippen LogP contribution is 2.01. The van der Waals surface area contributed by atoms with Crippen LogP contribution >= 0.6 is 12.2 Å². The van der Waals surface area contributed by atoms with Crippen molar-refractivity contribution in [3.05, 3.63) is 35.9 Å². The first-order valence-corrected chi connectivity index (χ1v) is 7.84. The van der Waals surface area contributed by atoms with E-state index in [-0.39, 0.29) is 12.5 Å². The lowest BCUT2D eigenvalue weighted by Crippen LogP contribution is -2.43. The molecule has 0 aromatic heterocycles. The standard InChI is InChI=1S/C16H23N3O2S/c1-4-19(5-2)16(22)18-15(13-10-8-7-9-11-13)17-12-14(20)21-6-3/h7-11H,4-6,12H2,1-3H3,(H,17,18,22). The fraction of sp³-hybridized carbons (Fsp3) is 0.438. The number of hydrogen-bond acceptors (Lipinski definition) is 4. The molecule has 0 radical (unpaired) electrons. The van der Waals surface area contributed by atoms with Crippen LogP contribution in [0, 0.1) is 0 Å². The van der Waals surface area contributed by atoms with Crippen molar-refractivity contribution in [3.8, 4) is 0 Å². The number of thiocarbonyl (C=S) groups is 1. The molecular formula is C16H23N3O2S. The van der Waals surface area contributed by atoms with E-state index in [0.717, 1.165) is 18.7 Å². The van der Waals surface area contributed by atoms with Crippen LogP contribution in [0.2, 0.25) is 0 Å². The third-order valence-corrected chi connectivity index (χ3v) is 3.36. The van der Waals surface area contributed by atoms with Gasteiger partial charge in [-0.1, -0.05) is 30.3 Å². The molecule has 1 aromatic carbocycles. The van der Waals surface area contributed by atoms with Crippen LogP contribution in [-0.4, -0.2) is 48.1 Å². The molecule has 0 saturated heterocycles. The summed E-state index contributed by atoms with van der Waals surface area (Å²) in [5, 5.41) is 3.73. The van der Waals surface area contributed by atoms with Crippen molar-refractivity contribution >= 4 is 29.1 Å². The molecule has 6 heteroatoms. The average Bonchev–Trinajstić information content (AvgIpc) is 2.53. The fourth-order valence-corrected chi connectivity index (χ4v) is 2.20. The summed E-state index contributed by atoms with van der Waals surface area (Å²) in [4.78, 5) is 17.8. The van der Waals surface area contributed by atoms with E-state index in [1.165, 1.54) is 0 Å². The molecule has 0 unspecified atom stereocenters. The topological polar surface area (TPSA) is 53.9 Å². The zero-order valence-electron chi connectivity index (χ0n) is 13.3. The van der Waals surface area contributed by atoms with E-state index in [9.17, 15) is 4.79 Å². The summed E-state index contributed by atoms with van der Waals surface area (Å²) in [5.41, 5.74) is 0.876. The molecule has 1 N–H and O–H groups in total. The predicted molar refractivity (Wildman–Crippen MR) is 93.1 cm³/mol. The Balaban J connectivity index is 2.90. The zero-order chi connectivity index (χ0) is 16.4. The van der Waals surface area contributed by atoms with Gasteiger partial charge in [0.1, 0.15) is 12.4 Å². The van der Waals surface area contributed by atoms with Crippen LogP contribution in [0.5, 0.6) is 0 Å². The molecule has 0 heterocycles. The Hall–Kier alpha value is -1.95. The Kier molecular flexibility index (Phi) is 8.14. The van der Waals surface area contributed by atoms with Gasteiger partial charge < -0.3 is 15.0 Å². The van der Waals surface area contributed by atoms with Crippen LogP contribution in [-0.2, 0) is 9.53 Å². The van der Waals surface area contributed by atoms with Gasteiger partial charge in [-0.05, 0) is 33.0 Å². The summed E-state index contributed by atoms with van der Waals surface area (Å²) in [6.07, 6.45) is 0. The molecule has 0 atom stereocenters. The monoisotopic (exact) mass is 321 g/mol. The van der Waals surface area contributed by atoms with Crippen molar-refractivity contribution in [2.45, 2.75) is 20.8 Å². The van der Waals surface area contributed by atoms with E-state index in [4.69, 9.17) is 17.0 Å². The number of aliphatic imine (C=N–C) groups is 1.